The molecule has 132 valence electrons. The molecule has 4 aromatic rings. The van der Waals surface area contributed by atoms with Gasteiger partial charge >= 0.3 is 12.2 Å². The van der Waals surface area contributed by atoms with E-state index in [0.29, 0.717) is 22.4 Å². The summed E-state index contributed by atoms with van der Waals surface area (Å²) in [6.07, 6.45) is 0. The summed E-state index contributed by atoms with van der Waals surface area (Å²) in [6, 6.07) is 13.1. The topological polar surface area (TPSA) is 57.3 Å². The zero-order valence-electron chi connectivity index (χ0n) is 13.8. The van der Waals surface area contributed by atoms with Crippen molar-refractivity contribution < 1.29 is 17.9 Å². The molecule has 0 aliphatic rings. The first-order valence-electron chi connectivity index (χ1n) is 7.94. The number of aryl methyl sites for hydroxylation is 1. The lowest BCUT2D eigenvalue weighted by Crippen LogP contribution is -2.08. The Balaban J connectivity index is 1.67. The van der Waals surface area contributed by atoms with Crippen LogP contribution < -0.4 is 10.4 Å². The van der Waals surface area contributed by atoms with Crippen LogP contribution in [-0.4, -0.2) is 9.55 Å². The molecule has 0 aliphatic heterocycles. The summed E-state index contributed by atoms with van der Waals surface area (Å²) in [5.41, 5.74) is 1.55. The fourth-order valence-electron chi connectivity index (χ4n) is 2.96. The van der Waals surface area contributed by atoms with Gasteiger partial charge in [0.2, 0.25) is 0 Å². The Labute approximate surface area is 146 Å². The second-order valence-corrected chi connectivity index (χ2v) is 5.86. The first-order chi connectivity index (χ1) is 12.5. The molecule has 26 heavy (non-hydrogen) atoms. The number of aromatic nitrogens is 2. The minimum Gasteiger partial charge on any atom is -0.486 e. The van der Waals surface area contributed by atoms with Crippen molar-refractivity contribution in [2.45, 2.75) is 20.1 Å². The lowest BCUT2D eigenvalue weighted by Gasteiger charge is -2.10. The lowest BCUT2D eigenvalue weighted by molar-refractivity contribution is 0.0677. The van der Waals surface area contributed by atoms with Gasteiger partial charge in [0.25, 0.3) is 0 Å². The highest BCUT2D eigenvalue weighted by molar-refractivity contribution is 5.81. The SMILES string of the molecule is Cc1cc(=O)oc2cc(OCc3nc4ccccc4n3C(F)F)ccc12. The Kier molecular flexibility index (Phi) is 3.91. The number of rotatable bonds is 4. The predicted molar refractivity (Wildman–Crippen MR) is 92.5 cm³/mol. The first kappa shape index (κ1) is 16.3. The van der Waals surface area contributed by atoms with E-state index in [1.165, 1.54) is 6.07 Å². The van der Waals surface area contributed by atoms with E-state index in [4.69, 9.17) is 9.15 Å². The number of imidazole rings is 1. The van der Waals surface area contributed by atoms with Gasteiger partial charge in [0.05, 0.1) is 11.0 Å². The Bertz CT molecular complexity index is 1160. The van der Waals surface area contributed by atoms with Crippen molar-refractivity contribution in [2.75, 3.05) is 0 Å². The van der Waals surface area contributed by atoms with E-state index in [0.717, 1.165) is 15.5 Å². The second-order valence-electron chi connectivity index (χ2n) is 5.86. The van der Waals surface area contributed by atoms with Gasteiger partial charge in [-0.1, -0.05) is 12.1 Å². The van der Waals surface area contributed by atoms with Crippen molar-refractivity contribution in [2.24, 2.45) is 0 Å². The summed E-state index contributed by atoms with van der Waals surface area (Å²) in [6.45, 7) is -1.05. The van der Waals surface area contributed by atoms with Crippen molar-refractivity contribution in [3.8, 4) is 5.75 Å². The summed E-state index contributed by atoms with van der Waals surface area (Å²) in [4.78, 5) is 15.7. The van der Waals surface area contributed by atoms with E-state index in [1.807, 2.05) is 6.92 Å². The van der Waals surface area contributed by atoms with Gasteiger partial charge in [-0.25, -0.2) is 9.78 Å². The van der Waals surface area contributed by atoms with Crippen LogP contribution in [0.2, 0.25) is 0 Å². The molecular formula is C19H14F2N2O3. The molecule has 0 aliphatic carbocycles. The first-order valence-corrected chi connectivity index (χ1v) is 7.94. The smallest absolute Gasteiger partial charge is 0.336 e. The molecule has 0 unspecified atom stereocenters. The number of alkyl halides is 2. The maximum absolute atomic E-state index is 13.4. The molecule has 0 amide bonds. The Morgan fingerprint density at radius 2 is 2.00 bits per heavy atom. The lowest BCUT2D eigenvalue weighted by atomic mass is 10.1. The number of fused-ring (bicyclic) bond motifs is 2. The number of hydrogen-bond donors (Lipinski definition) is 0. The number of benzene rings is 2. The Morgan fingerprint density at radius 3 is 2.81 bits per heavy atom. The third-order valence-electron chi connectivity index (χ3n) is 4.15. The number of halogens is 2. The molecule has 0 atom stereocenters. The average Bonchev–Trinajstić information content (AvgIpc) is 2.98. The van der Waals surface area contributed by atoms with Crippen LogP contribution in [0.3, 0.4) is 0 Å². The van der Waals surface area contributed by atoms with E-state index in [-0.39, 0.29) is 12.4 Å². The van der Waals surface area contributed by atoms with E-state index in [2.05, 4.69) is 4.98 Å². The van der Waals surface area contributed by atoms with Gasteiger partial charge in [0.1, 0.15) is 17.9 Å². The van der Waals surface area contributed by atoms with Crippen LogP contribution in [0.1, 0.15) is 17.9 Å². The van der Waals surface area contributed by atoms with Gasteiger partial charge in [0.15, 0.2) is 5.82 Å². The van der Waals surface area contributed by atoms with Crippen molar-refractivity contribution in [3.05, 3.63) is 70.3 Å². The molecule has 2 heterocycles. The second kappa shape index (κ2) is 6.25. The number of hydrogen-bond acceptors (Lipinski definition) is 4. The summed E-state index contributed by atoms with van der Waals surface area (Å²) in [5.74, 6) is 0.520. The molecular weight excluding hydrogens is 342 g/mol. The van der Waals surface area contributed by atoms with E-state index in [9.17, 15) is 13.6 Å². The average molecular weight is 356 g/mol. The fraction of sp³-hybridized carbons (Fsp3) is 0.158. The molecule has 0 radical (unpaired) electrons. The number of nitrogens with zero attached hydrogens (tertiary/aromatic N) is 2. The molecule has 2 aromatic heterocycles. The van der Waals surface area contributed by atoms with Gasteiger partial charge in [-0.05, 0) is 36.8 Å². The molecule has 0 spiro atoms. The fourth-order valence-corrected chi connectivity index (χ4v) is 2.96. The summed E-state index contributed by atoms with van der Waals surface area (Å²) < 4.78 is 38.5. The third-order valence-corrected chi connectivity index (χ3v) is 4.15. The summed E-state index contributed by atoms with van der Waals surface area (Å²) in [7, 11) is 0. The van der Waals surface area contributed by atoms with Crippen molar-refractivity contribution in [3.63, 3.8) is 0 Å². The Hall–Kier alpha value is -3.22. The molecule has 0 fully saturated rings. The quantitative estimate of drug-likeness (QED) is 0.508. The van der Waals surface area contributed by atoms with E-state index >= 15 is 0 Å². The Morgan fingerprint density at radius 1 is 1.19 bits per heavy atom. The predicted octanol–water partition coefficient (Wildman–Crippen LogP) is 4.43. The molecule has 4 rings (SSSR count). The molecule has 0 saturated heterocycles. The highest BCUT2D eigenvalue weighted by Gasteiger charge is 2.18. The van der Waals surface area contributed by atoms with Gasteiger partial charge in [-0.15, -0.1) is 0 Å². The molecule has 2 aromatic carbocycles. The van der Waals surface area contributed by atoms with Crippen LogP contribution in [0.4, 0.5) is 8.78 Å². The van der Waals surface area contributed by atoms with Gasteiger partial charge in [-0.3, -0.25) is 4.57 Å². The standard InChI is InChI=1S/C19H14F2N2O3/c1-11-8-18(24)26-16-9-12(6-7-13(11)16)25-10-17-22-14-4-2-3-5-15(14)23(17)19(20)21/h2-9,19H,10H2,1H3. The minimum atomic E-state index is -2.72. The summed E-state index contributed by atoms with van der Waals surface area (Å²) in [5, 5.41) is 0.789. The summed E-state index contributed by atoms with van der Waals surface area (Å²) >= 11 is 0. The van der Waals surface area contributed by atoms with E-state index < -0.39 is 12.2 Å². The van der Waals surface area contributed by atoms with Gasteiger partial charge < -0.3 is 9.15 Å². The molecule has 0 N–H and O–H groups in total. The van der Waals surface area contributed by atoms with E-state index in [1.54, 1.807) is 42.5 Å². The van der Waals surface area contributed by atoms with Crippen molar-refractivity contribution >= 4 is 22.0 Å². The third kappa shape index (κ3) is 2.81. The highest BCUT2D eigenvalue weighted by atomic mass is 19.3. The maximum Gasteiger partial charge on any atom is 0.336 e. The zero-order valence-corrected chi connectivity index (χ0v) is 13.8. The highest BCUT2D eigenvalue weighted by Crippen LogP contribution is 2.26. The maximum atomic E-state index is 13.4. The van der Waals surface area contributed by atoms with Gasteiger partial charge in [0, 0.05) is 17.5 Å². The van der Waals surface area contributed by atoms with Crippen molar-refractivity contribution in [1.29, 1.82) is 0 Å². The minimum absolute atomic E-state index is 0.118. The largest absolute Gasteiger partial charge is 0.486 e. The van der Waals surface area contributed by atoms with Crippen LogP contribution in [0, 0.1) is 6.92 Å². The molecule has 0 saturated carbocycles. The van der Waals surface area contributed by atoms with Crippen LogP contribution in [0.25, 0.3) is 22.0 Å². The normalized spacial score (nSPS) is 11.5. The van der Waals surface area contributed by atoms with Gasteiger partial charge in [-0.2, -0.15) is 8.78 Å². The van der Waals surface area contributed by atoms with Crippen molar-refractivity contribution in [1.82, 2.24) is 9.55 Å². The van der Waals surface area contributed by atoms with Crippen LogP contribution >= 0.6 is 0 Å². The molecule has 0 bridgehead atoms. The van der Waals surface area contributed by atoms with Crippen LogP contribution in [0.15, 0.2) is 57.7 Å². The monoisotopic (exact) mass is 356 g/mol. The number of para-hydroxylation sites is 2. The zero-order chi connectivity index (χ0) is 18.3. The molecule has 7 heteroatoms. The molecule has 5 nitrogen and oxygen atoms in total. The van der Waals surface area contributed by atoms with Crippen LogP contribution in [0.5, 0.6) is 5.75 Å². The number of ether oxygens (including phenoxy) is 1. The van der Waals surface area contributed by atoms with Crippen LogP contribution in [-0.2, 0) is 6.61 Å².